The second-order valence-electron chi connectivity index (χ2n) is 9.32. The van der Waals surface area contributed by atoms with E-state index < -0.39 is 11.9 Å². The van der Waals surface area contributed by atoms with E-state index in [0.29, 0.717) is 18.9 Å². The van der Waals surface area contributed by atoms with E-state index in [0.717, 1.165) is 48.4 Å². The van der Waals surface area contributed by atoms with Gasteiger partial charge in [-0.15, -0.1) is 0 Å². The Hall–Kier alpha value is -4.14. The number of hydrogen-bond acceptors (Lipinski definition) is 7. The number of benzene rings is 2. The summed E-state index contributed by atoms with van der Waals surface area (Å²) in [5, 5.41) is 5.70. The summed E-state index contributed by atoms with van der Waals surface area (Å²) in [7, 11) is 1.64. The van der Waals surface area contributed by atoms with Crippen LogP contribution in [0.4, 0.5) is 11.6 Å². The van der Waals surface area contributed by atoms with Crippen molar-refractivity contribution in [3.05, 3.63) is 70.9 Å². The maximum Gasteiger partial charge on any atom is 0.259 e. The van der Waals surface area contributed by atoms with Crippen LogP contribution in [0.5, 0.6) is 11.6 Å². The summed E-state index contributed by atoms with van der Waals surface area (Å²) in [4.78, 5) is 36.9. The second-order valence-corrected chi connectivity index (χ2v) is 9.32. The molecule has 1 aromatic heterocycles. The number of methoxy groups -OCH3 is 1. The first-order chi connectivity index (χ1) is 18.0. The zero-order valence-corrected chi connectivity index (χ0v) is 21.1. The van der Waals surface area contributed by atoms with Gasteiger partial charge in [0.2, 0.25) is 17.7 Å². The molecule has 3 heterocycles. The lowest BCUT2D eigenvalue weighted by atomic mass is 10.1. The number of aromatic nitrogens is 2. The molecule has 1 saturated heterocycles. The number of anilines is 2. The molecule has 0 radical (unpaired) electrons. The minimum atomic E-state index is -0.600. The highest BCUT2D eigenvalue weighted by atomic mass is 16.5. The lowest BCUT2D eigenvalue weighted by Crippen LogP contribution is -2.45. The Morgan fingerprint density at radius 2 is 2.08 bits per heavy atom. The maximum atomic E-state index is 13.3. The summed E-state index contributed by atoms with van der Waals surface area (Å²) < 4.78 is 11.5. The van der Waals surface area contributed by atoms with Gasteiger partial charge < -0.3 is 25.0 Å². The number of carbonyl (C=O) groups excluding carboxylic acids is 2. The van der Waals surface area contributed by atoms with E-state index in [1.54, 1.807) is 7.11 Å². The fourth-order valence-electron chi connectivity index (χ4n) is 4.79. The monoisotopic (exact) mass is 501 g/mol. The Morgan fingerprint density at radius 1 is 1.22 bits per heavy atom. The van der Waals surface area contributed by atoms with E-state index in [-0.39, 0.29) is 24.0 Å². The largest absolute Gasteiger partial charge is 0.496 e. The average molecular weight is 502 g/mol. The van der Waals surface area contributed by atoms with Crippen LogP contribution in [-0.2, 0) is 17.8 Å². The van der Waals surface area contributed by atoms with E-state index in [1.807, 2.05) is 48.2 Å². The van der Waals surface area contributed by atoms with Crippen molar-refractivity contribution in [3.8, 4) is 11.6 Å². The van der Waals surface area contributed by atoms with Crippen LogP contribution in [0.3, 0.4) is 0 Å². The lowest BCUT2D eigenvalue weighted by Gasteiger charge is -2.20. The van der Waals surface area contributed by atoms with E-state index >= 15 is 0 Å². The summed E-state index contributed by atoms with van der Waals surface area (Å²) in [5.74, 6) is 0.830. The normalized spacial score (nSPS) is 17.0. The van der Waals surface area contributed by atoms with Gasteiger partial charge in [-0.3, -0.25) is 9.59 Å². The van der Waals surface area contributed by atoms with Gasteiger partial charge in [-0.2, -0.15) is 4.98 Å². The van der Waals surface area contributed by atoms with Crippen LogP contribution in [0.25, 0.3) is 0 Å². The molecule has 0 bridgehead atoms. The Morgan fingerprint density at radius 3 is 2.92 bits per heavy atom. The number of fused-ring (bicyclic) bond motifs is 1. The topological polar surface area (TPSA) is 106 Å². The number of hydrogen-bond donors (Lipinski definition) is 2. The van der Waals surface area contributed by atoms with Crippen LogP contribution in [0.2, 0.25) is 0 Å². The van der Waals surface area contributed by atoms with Gasteiger partial charge in [0.05, 0.1) is 7.11 Å². The average Bonchev–Trinajstić information content (AvgIpc) is 3.24. The van der Waals surface area contributed by atoms with Crippen molar-refractivity contribution in [2.75, 3.05) is 25.1 Å². The summed E-state index contributed by atoms with van der Waals surface area (Å²) in [6.07, 6.45) is 4.71. The summed E-state index contributed by atoms with van der Waals surface area (Å²) in [6, 6.07) is 13.3. The van der Waals surface area contributed by atoms with E-state index in [2.05, 4.69) is 26.7 Å². The molecule has 2 amide bonds. The molecule has 37 heavy (non-hydrogen) atoms. The third-order valence-corrected chi connectivity index (χ3v) is 6.79. The van der Waals surface area contributed by atoms with Crippen molar-refractivity contribution in [1.29, 1.82) is 0 Å². The summed E-state index contributed by atoms with van der Waals surface area (Å²) in [5.41, 5.74) is 4.37. The maximum absolute atomic E-state index is 13.3. The third-order valence-electron chi connectivity index (χ3n) is 6.79. The number of amides is 2. The highest BCUT2D eigenvalue weighted by Crippen LogP contribution is 2.33. The van der Waals surface area contributed by atoms with Gasteiger partial charge in [-0.1, -0.05) is 24.3 Å². The van der Waals surface area contributed by atoms with Crippen LogP contribution >= 0.6 is 0 Å². The smallest absolute Gasteiger partial charge is 0.259 e. The van der Waals surface area contributed by atoms with Crippen molar-refractivity contribution in [3.63, 3.8) is 0 Å². The number of para-hydroxylation sites is 1. The Bertz CT molecular complexity index is 1310. The first kappa shape index (κ1) is 24.5. The SMILES string of the molecule is COc1ccc(COc2nc(N3CCc4ccccc43)ncc2C(=O)NC2CCCCNC2=O)cc1C. The molecule has 1 atom stereocenters. The third kappa shape index (κ3) is 5.35. The van der Waals surface area contributed by atoms with Crippen molar-refractivity contribution >= 4 is 23.5 Å². The Labute approximate surface area is 216 Å². The van der Waals surface area contributed by atoms with E-state index in [9.17, 15) is 9.59 Å². The molecule has 0 spiro atoms. The number of nitrogens with zero attached hydrogens (tertiary/aromatic N) is 3. The van der Waals surface area contributed by atoms with Gasteiger partial charge in [0.1, 0.15) is 24.0 Å². The molecule has 0 saturated carbocycles. The minimum Gasteiger partial charge on any atom is -0.496 e. The molecule has 0 aliphatic carbocycles. The fourth-order valence-corrected chi connectivity index (χ4v) is 4.79. The fraction of sp³-hybridized carbons (Fsp3) is 0.357. The number of carbonyl (C=O) groups is 2. The molecular formula is C28H31N5O4. The zero-order chi connectivity index (χ0) is 25.8. The zero-order valence-electron chi connectivity index (χ0n) is 21.1. The van der Waals surface area contributed by atoms with Crippen LogP contribution in [0, 0.1) is 6.92 Å². The van der Waals surface area contributed by atoms with E-state index in [1.165, 1.54) is 11.8 Å². The molecule has 2 aromatic carbocycles. The van der Waals surface area contributed by atoms with Crippen molar-refractivity contribution in [2.45, 2.75) is 45.3 Å². The molecule has 3 aromatic rings. The highest BCUT2D eigenvalue weighted by Gasteiger charge is 2.27. The molecule has 9 nitrogen and oxygen atoms in total. The van der Waals surface area contributed by atoms with Crippen molar-refractivity contribution in [2.24, 2.45) is 0 Å². The van der Waals surface area contributed by atoms with Crippen LogP contribution in [-0.4, -0.2) is 48.0 Å². The molecule has 2 aliphatic rings. The molecule has 192 valence electrons. The van der Waals surface area contributed by atoms with Crippen molar-refractivity contribution in [1.82, 2.24) is 20.6 Å². The number of rotatable bonds is 7. The van der Waals surface area contributed by atoms with Crippen molar-refractivity contribution < 1.29 is 19.1 Å². The highest BCUT2D eigenvalue weighted by molar-refractivity contribution is 5.99. The molecule has 2 N–H and O–H groups in total. The number of nitrogens with one attached hydrogen (secondary N) is 2. The molecule has 1 unspecified atom stereocenters. The summed E-state index contributed by atoms with van der Waals surface area (Å²) in [6.45, 7) is 3.54. The standard InChI is InChI=1S/C28H31N5O4/c1-18-15-19(10-11-24(18)36-2)17-37-27-21(25(34)31-22-8-5-6-13-29-26(22)35)16-30-28(32-27)33-14-12-20-7-3-4-9-23(20)33/h3-4,7,9-11,15-16,22H,5-6,8,12-14,17H2,1-2H3,(H,29,35)(H,31,34). The van der Waals surface area contributed by atoms with E-state index in [4.69, 9.17) is 9.47 Å². The number of ether oxygens (including phenoxy) is 2. The quantitative estimate of drug-likeness (QED) is 0.511. The van der Waals surface area contributed by atoms with Gasteiger partial charge in [0.15, 0.2) is 0 Å². The first-order valence-corrected chi connectivity index (χ1v) is 12.6. The van der Waals surface area contributed by atoms with Gasteiger partial charge in [0.25, 0.3) is 5.91 Å². The van der Waals surface area contributed by atoms with Crippen LogP contribution < -0.4 is 25.0 Å². The molecule has 1 fully saturated rings. The molecular weight excluding hydrogens is 470 g/mol. The lowest BCUT2D eigenvalue weighted by molar-refractivity contribution is -0.122. The minimum absolute atomic E-state index is 0.173. The van der Waals surface area contributed by atoms with Gasteiger partial charge in [-0.05, 0) is 67.5 Å². The molecule has 5 rings (SSSR count). The molecule has 9 heteroatoms. The number of aryl methyl sites for hydroxylation is 1. The predicted octanol–water partition coefficient (Wildman–Crippen LogP) is 3.47. The van der Waals surface area contributed by atoms with Crippen LogP contribution in [0.1, 0.15) is 46.3 Å². The van der Waals surface area contributed by atoms with Gasteiger partial charge >= 0.3 is 0 Å². The first-order valence-electron chi connectivity index (χ1n) is 12.6. The molecule has 2 aliphatic heterocycles. The van der Waals surface area contributed by atoms with Crippen LogP contribution in [0.15, 0.2) is 48.7 Å². The Balaban J connectivity index is 1.43. The Kier molecular flexibility index (Phi) is 7.20. The predicted molar refractivity (Wildman–Crippen MR) is 139 cm³/mol. The summed E-state index contributed by atoms with van der Waals surface area (Å²) >= 11 is 0. The second kappa shape index (κ2) is 10.9. The van der Waals surface area contributed by atoms with Gasteiger partial charge in [0, 0.05) is 25.0 Å². The van der Waals surface area contributed by atoms with Gasteiger partial charge in [-0.25, -0.2) is 4.98 Å².